The minimum Gasteiger partial charge on any atom is -0.490 e. The van der Waals surface area contributed by atoms with E-state index in [0.717, 1.165) is 17.5 Å². The van der Waals surface area contributed by atoms with Crippen LogP contribution in [0.15, 0.2) is 42.5 Å². The fourth-order valence-electron chi connectivity index (χ4n) is 2.62. The number of aliphatic carboxylic acids is 1. The van der Waals surface area contributed by atoms with Crippen molar-refractivity contribution in [2.45, 2.75) is 32.6 Å². The highest BCUT2D eigenvalue weighted by atomic mass is 35.5. The molecule has 1 atom stereocenters. The molecule has 0 fully saturated rings. The molecule has 5 heteroatoms. The molecule has 2 aromatic carbocycles. The van der Waals surface area contributed by atoms with Crippen molar-refractivity contribution < 1.29 is 19.4 Å². The molecular formula is C20H23ClO4. The SMILES string of the molecule is CCCOc1c(Cl)cc(CC(C(=O)O)c2ccccc2)cc1OCC. The average molecular weight is 363 g/mol. The first kappa shape index (κ1) is 19.1. The summed E-state index contributed by atoms with van der Waals surface area (Å²) in [6.07, 6.45) is 1.19. The first-order valence-corrected chi connectivity index (χ1v) is 8.80. The molecule has 25 heavy (non-hydrogen) atoms. The van der Waals surface area contributed by atoms with Crippen LogP contribution in [0.1, 0.15) is 37.3 Å². The Kier molecular flexibility index (Phi) is 7.14. The number of benzene rings is 2. The zero-order valence-electron chi connectivity index (χ0n) is 14.5. The summed E-state index contributed by atoms with van der Waals surface area (Å²) in [5.41, 5.74) is 1.56. The third kappa shape index (κ3) is 5.13. The summed E-state index contributed by atoms with van der Waals surface area (Å²) in [5, 5.41) is 10.0. The molecule has 0 spiro atoms. The Hall–Kier alpha value is -2.20. The van der Waals surface area contributed by atoms with Crippen LogP contribution in [0.3, 0.4) is 0 Å². The molecule has 134 valence electrons. The van der Waals surface area contributed by atoms with Crippen molar-refractivity contribution in [3.8, 4) is 11.5 Å². The van der Waals surface area contributed by atoms with E-state index < -0.39 is 11.9 Å². The molecule has 0 bridgehead atoms. The second kappa shape index (κ2) is 9.33. The molecule has 4 nitrogen and oxygen atoms in total. The van der Waals surface area contributed by atoms with Gasteiger partial charge in [-0.15, -0.1) is 0 Å². The van der Waals surface area contributed by atoms with Crippen LogP contribution < -0.4 is 9.47 Å². The van der Waals surface area contributed by atoms with Crippen molar-refractivity contribution >= 4 is 17.6 Å². The summed E-state index contributed by atoms with van der Waals surface area (Å²) in [4.78, 5) is 11.7. The Labute approximate surface area is 153 Å². The maximum Gasteiger partial charge on any atom is 0.311 e. The predicted octanol–water partition coefficient (Wildman–Crippen LogP) is 4.94. The van der Waals surface area contributed by atoms with Gasteiger partial charge in [0.05, 0.1) is 24.2 Å². The molecule has 0 saturated heterocycles. The first-order valence-electron chi connectivity index (χ1n) is 8.42. The molecule has 1 N–H and O–H groups in total. The largest absolute Gasteiger partial charge is 0.490 e. The van der Waals surface area contributed by atoms with Crippen LogP contribution in [0.4, 0.5) is 0 Å². The van der Waals surface area contributed by atoms with Crippen molar-refractivity contribution in [1.29, 1.82) is 0 Å². The zero-order chi connectivity index (χ0) is 18.2. The second-order valence-corrected chi connectivity index (χ2v) is 6.10. The summed E-state index contributed by atoms with van der Waals surface area (Å²) < 4.78 is 11.3. The van der Waals surface area contributed by atoms with Gasteiger partial charge in [0.1, 0.15) is 0 Å². The lowest BCUT2D eigenvalue weighted by Gasteiger charge is -2.17. The lowest BCUT2D eigenvalue weighted by atomic mass is 9.92. The number of carbonyl (C=O) groups is 1. The van der Waals surface area contributed by atoms with Gasteiger partial charge in [0, 0.05) is 0 Å². The Morgan fingerprint density at radius 2 is 1.88 bits per heavy atom. The third-order valence-electron chi connectivity index (χ3n) is 3.76. The number of rotatable bonds is 9. The molecule has 0 aliphatic carbocycles. The van der Waals surface area contributed by atoms with Crippen molar-refractivity contribution in [1.82, 2.24) is 0 Å². The van der Waals surface area contributed by atoms with Gasteiger partial charge in [-0.05, 0) is 43.0 Å². The second-order valence-electron chi connectivity index (χ2n) is 5.69. The Morgan fingerprint density at radius 3 is 2.48 bits per heavy atom. The van der Waals surface area contributed by atoms with E-state index in [1.165, 1.54) is 0 Å². The van der Waals surface area contributed by atoms with Gasteiger partial charge in [0.25, 0.3) is 0 Å². The lowest BCUT2D eigenvalue weighted by Crippen LogP contribution is -2.14. The van der Waals surface area contributed by atoms with Gasteiger partial charge in [0.2, 0.25) is 0 Å². The molecule has 0 aliphatic heterocycles. The van der Waals surface area contributed by atoms with Crippen molar-refractivity contribution in [3.63, 3.8) is 0 Å². The van der Waals surface area contributed by atoms with Crippen LogP contribution >= 0.6 is 11.6 Å². The van der Waals surface area contributed by atoms with Gasteiger partial charge in [-0.25, -0.2) is 0 Å². The zero-order valence-corrected chi connectivity index (χ0v) is 15.3. The summed E-state index contributed by atoms with van der Waals surface area (Å²) in [6, 6.07) is 12.8. The maximum absolute atomic E-state index is 11.7. The van der Waals surface area contributed by atoms with Crippen LogP contribution in [-0.2, 0) is 11.2 Å². The van der Waals surface area contributed by atoms with Gasteiger partial charge >= 0.3 is 5.97 Å². The molecule has 0 heterocycles. The summed E-state index contributed by atoms with van der Waals surface area (Å²) in [5.74, 6) is -0.447. The molecule has 0 radical (unpaired) electrons. The van der Waals surface area contributed by atoms with Gasteiger partial charge in [0.15, 0.2) is 11.5 Å². The molecule has 2 rings (SSSR count). The fraction of sp³-hybridized carbons (Fsp3) is 0.350. The molecular weight excluding hydrogens is 340 g/mol. The fourth-order valence-corrected chi connectivity index (χ4v) is 2.90. The van der Waals surface area contributed by atoms with Crippen LogP contribution in [0, 0.1) is 0 Å². The monoisotopic (exact) mass is 362 g/mol. The van der Waals surface area contributed by atoms with Crippen LogP contribution in [0.5, 0.6) is 11.5 Å². The minimum atomic E-state index is -0.869. The molecule has 0 amide bonds. The van der Waals surface area contributed by atoms with E-state index in [-0.39, 0.29) is 0 Å². The van der Waals surface area contributed by atoms with Gasteiger partial charge in [-0.1, -0.05) is 48.9 Å². The maximum atomic E-state index is 11.7. The van der Waals surface area contributed by atoms with Crippen LogP contribution in [0.2, 0.25) is 5.02 Å². The standard InChI is InChI=1S/C20H23ClO4/c1-3-10-25-19-17(21)12-14(13-18(19)24-4-2)11-16(20(22)23)15-8-6-5-7-9-15/h5-9,12-13,16H,3-4,10-11H2,1-2H3,(H,22,23). The van der Waals surface area contributed by atoms with Crippen molar-refractivity contribution in [2.75, 3.05) is 13.2 Å². The molecule has 2 aromatic rings. The van der Waals surface area contributed by atoms with E-state index in [0.29, 0.717) is 36.2 Å². The molecule has 0 aliphatic rings. The highest BCUT2D eigenvalue weighted by molar-refractivity contribution is 6.32. The number of hydrogen-bond acceptors (Lipinski definition) is 3. The third-order valence-corrected chi connectivity index (χ3v) is 4.04. The summed E-state index contributed by atoms with van der Waals surface area (Å²) >= 11 is 6.36. The molecule has 1 unspecified atom stereocenters. The van der Waals surface area contributed by atoms with E-state index in [1.807, 2.05) is 50.2 Å². The van der Waals surface area contributed by atoms with Gasteiger partial charge < -0.3 is 14.6 Å². The van der Waals surface area contributed by atoms with Crippen molar-refractivity contribution in [2.24, 2.45) is 0 Å². The van der Waals surface area contributed by atoms with Gasteiger partial charge in [-0.3, -0.25) is 4.79 Å². The highest BCUT2D eigenvalue weighted by Gasteiger charge is 2.22. The highest BCUT2D eigenvalue weighted by Crippen LogP contribution is 2.38. The predicted molar refractivity (Wildman–Crippen MR) is 98.9 cm³/mol. The van der Waals surface area contributed by atoms with Gasteiger partial charge in [-0.2, -0.15) is 0 Å². The summed E-state index contributed by atoms with van der Waals surface area (Å²) in [6.45, 7) is 4.92. The normalized spacial score (nSPS) is 11.8. The van der Waals surface area contributed by atoms with Crippen LogP contribution in [-0.4, -0.2) is 24.3 Å². The Bertz CT molecular complexity index is 700. The number of carboxylic acids is 1. The van der Waals surface area contributed by atoms with E-state index in [1.54, 1.807) is 6.07 Å². The Morgan fingerprint density at radius 1 is 1.16 bits per heavy atom. The number of ether oxygens (including phenoxy) is 2. The minimum absolute atomic E-state index is 0.327. The first-order chi connectivity index (χ1) is 12.1. The number of carboxylic acid groups (broad SMARTS) is 1. The summed E-state index contributed by atoms with van der Waals surface area (Å²) in [7, 11) is 0. The lowest BCUT2D eigenvalue weighted by molar-refractivity contribution is -0.138. The molecule has 0 saturated carbocycles. The smallest absolute Gasteiger partial charge is 0.311 e. The van der Waals surface area contributed by atoms with Crippen LogP contribution in [0.25, 0.3) is 0 Å². The number of halogens is 1. The van der Waals surface area contributed by atoms with Crippen molar-refractivity contribution in [3.05, 3.63) is 58.6 Å². The van der Waals surface area contributed by atoms with E-state index in [9.17, 15) is 9.90 Å². The quantitative estimate of drug-likeness (QED) is 0.686. The topological polar surface area (TPSA) is 55.8 Å². The van der Waals surface area contributed by atoms with E-state index in [2.05, 4.69) is 0 Å². The number of hydrogen-bond donors (Lipinski definition) is 1. The Balaban J connectivity index is 2.33. The average Bonchev–Trinajstić information content (AvgIpc) is 2.60. The molecule has 0 aromatic heterocycles. The van der Waals surface area contributed by atoms with E-state index >= 15 is 0 Å². The van der Waals surface area contributed by atoms with E-state index in [4.69, 9.17) is 21.1 Å².